The zero-order valence-electron chi connectivity index (χ0n) is 9.23. The Labute approximate surface area is 88.9 Å². The number of nitrogens with one attached hydrogen (secondary N) is 1. The summed E-state index contributed by atoms with van der Waals surface area (Å²) in [6, 6.07) is 1.38. The summed E-state index contributed by atoms with van der Waals surface area (Å²) in [5, 5.41) is 18.2. The molecule has 0 aromatic rings. The van der Waals surface area contributed by atoms with Crippen molar-refractivity contribution in [1.82, 2.24) is 10.2 Å². The highest BCUT2D eigenvalue weighted by Gasteiger charge is 2.17. The predicted octanol–water partition coefficient (Wildman–Crippen LogP) is -0.546. The lowest BCUT2D eigenvalue weighted by molar-refractivity contribution is -0.159. The van der Waals surface area contributed by atoms with Crippen LogP contribution in [0.25, 0.3) is 0 Å². The van der Waals surface area contributed by atoms with Gasteiger partial charge in [-0.25, -0.2) is 9.59 Å². The predicted molar refractivity (Wildman–Crippen MR) is 54.8 cm³/mol. The molecule has 0 radical (unpaired) electrons. The van der Waals surface area contributed by atoms with Crippen molar-refractivity contribution >= 4 is 11.9 Å². The van der Waals surface area contributed by atoms with E-state index in [1.54, 1.807) is 0 Å². The van der Waals surface area contributed by atoms with Gasteiger partial charge < -0.3 is 20.4 Å². The van der Waals surface area contributed by atoms with Crippen molar-refractivity contribution in [1.29, 1.82) is 0 Å². The molecule has 15 heavy (non-hydrogen) atoms. The molecule has 0 aromatic heterocycles. The Morgan fingerprint density at radius 3 is 2.00 bits per heavy atom. The summed E-state index contributed by atoms with van der Waals surface area (Å²) < 4.78 is 0. The number of carboxylic acid groups (broad SMARTS) is 2. The molecule has 0 aromatic carbocycles. The number of carbonyl (C=O) groups is 2. The molecule has 0 spiro atoms. The molecule has 1 fully saturated rings. The summed E-state index contributed by atoms with van der Waals surface area (Å²) in [6.45, 7) is 6.79. The first-order valence-electron chi connectivity index (χ1n) is 4.74. The van der Waals surface area contributed by atoms with Crippen LogP contribution >= 0.6 is 0 Å². The van der Waals surface area contributed by atoms with Crippen molar-refractivity contribution < 1.29 is 19.8 Å². The van der Waals surface area contributed by atoms with Crippen molar-refractivity contribution in [2.24, 2.45) is 0 Å². The summed E-state index contributed by atoms with van der Waals surface area (Å²) in [5.74, 6) is -3.65. The van der Waals surface area contributed by atoms with Crippen molar-refractivity contribution in [3.8, 4) is 0 Å². The molecular weight excluding hydrogens is 200 g/mol. The van der Waals surface area contributed by atoms with Crippen LogP contribution in [-0.2, 0) is 9.59 Å². The third kappa shape index (κ3) is 6.03. The SMILES string of the molecule is C[C@@H]1CN(C)[C@@H](C)CN1.O=C(O)C(=O)O. The van der Waals surface area contributed by atoms with Gasteiger partial charge in [0.15, 0.2) is 0 Å². The second-order valence-electron chi connectivity index (χ2n) is 3.71. The summed E-state index contributed by atoms with van der Waals surface area (Å²) in [7, 11) is 2.18. The zero-order chi connectivity index (χ0) is 12.0. The molecule has 1 aliphatic rings. The molecule has 2 atom stereocenters. The highest BCUT2D eigenvalue weighted by molar-refractivity contribution is 6.27. The van der Waals surface area contributed by atoms with Gasteiger partial charge in [-0.05, 0) is 20.9 Å². The second kappa shape index (κ2) is 6.36. The van der Waals surface area contributed by atoms with Crippen molar-refractivity contribution in [3.63, 3.8) is 0 Å². The number of likely N-dealkylation sites (N-methyl/N-ethyl adjacent to an activating group) is 1. The second-order valence-corrected chi connectivity index (χ2v) is 3.71. The molecule has 1 heterocycles. The topological polar surface area (TPSA) is 89.9 Å². The molecular formula is C9H18N2O4. The fraction of sp³-hybridized carbons (Fsp3) is 0.778. The van der Waals surface area contributed by atoms with E-state index in [9.17, 15) is 0 Å². The molecule has 0 saturated carbocycles. The van der Waals surface area contributed by atoms with E-state index in [-0.39, 0.29) is 0 Å². The van der Waals surface area contributed by atoms with E-state index in [1.165, 1.54) is 6.54 Å². The Balaban J connectivity index is 0.000000288. The Hall–Kier alpha value is -1.14. The molecule has 0 amide bonds. The highest BCUT2D eigenvalue weighted by atomic mass is 16.4. The average Bonchev–Trinajstić information content (AvgIpc) is 2.13. The molecule has 6 heteroatoms. The largest absolute Gasteiger partial charge is 0.473 e. The maximum atomic E-state index is 9.10. The van der Waals surface area contributed by atoms with Crippen LogP contribution in [0, 0.1) is 0 Å². The van der Waals surface area contributed by atoms with E-state index in [1.807, 2.05) is 0 Å². The fourth-order valence-corrected chi connectivity index (χ4v) is 1.20. The van der Waals surface area contributed by atoms with E-state index >= 15 is 0 Å². The molecule has 1 saturated heterocycles. The van der Waals surface area contributed by atoms with Gasteiger partial charge in [-0.15, -0.1) is 0 Å². The number of aliphatic carboxylic acids is 2. The van der Waals surface area contributed by atoms with E-state index < -0.39 is 11.9 Å². The monoisotopic (exact) mass is 218 g/mol. The first kappa shape index (κ1) is 13.9. The fourth-order valence-electron chi connectivity index (χ4n) is 1.20. The van der Waals surface area contributed by atoms with Gasteiger partial charge >= 0.3 is 11.9 Å². The molecule has 6 nitrogen and oxygen atoms in total. The Morgan fingerprint density at radius 2 is 1.73 bits per heavy atom. The maximum absolute atomic E-state index is 9.10. The molecule has 0 bridgehead atoms. The number of nitrogens with zero attached hydrogens (tertiary/aromatic N) is 1. The number of hydrogen-bond donors (Lipinski definition) is 3. The maximum Gasteiger partial charge on any atom is 0.414 e. The minimum absolute atomic E-state index is 0.672. The molecule has 88 valence electrons. The van der Waals surface area contributed by atoms with Crippen LogP contribution in [-0.4, -0.2) is 59.3 Å². The van der Waals surface area contributed by atoms with Crippen LogP contribution in [0.2, 0.25) is 0 Å². The third-order valence-corrected chi connectivity index (χ3v) is 2.26. The van der Waals surface area contributed by atoms with E-state index in [2.05, 4.69) is 31.1 Å². The van der Waals surface area contributed by atoms with E-state index in [0.29, 0.717) is 12.1 Å². The number of rotatable bonds is 0. The van der Waals surface area contributed by atoms with E-state index in [0.717, 1.165) is 6.54 Å². The normalized spacial score (nSPS) is 26.3. The summed E-state index contributed by atoms with van der Waals surface area (Å²) >= 11 is 0. The summed E-state index contributed by atoms with van der Waals surface area (Å²) in [6.07, 6.45) is 0. The van der Waals surface area contributed by atoms with Crippen LogP contribution in [0.15, 0.2) is 0 Å². The minimum atomic E-state index is -1.82. The van der Waals surface area contributed by atoms with Crippen molar-refractivity contribution in [2.75, 3.05) is 20.1 Å². The standard InChI is InChI=1S/C7H16N2.C2H2O4/c1-6-5-9(3)7(2)4-8-6;3-1(4)2(5)6/h6-8H,4-5H2,1-3H3;(H,3,4)(H,5,6)/t6-,7+;/m1./s1. The highest BCUT2D eigenvalue weighted by Crippen LogP contribution is 2.01. The molecule has 3 N–H and O–H groups in total. The van der Waals surface area contributed by atoms with Crippen LogP contribution in [0.4, 0.5) is 0 Å². The lowest BCUT2D eigenvalue weighted by Gasteiger charge is -2.34. The van der Waals surface area contributed by atoms with Gasteiger partial charge in [-0.2, -0.15) is 0 Å². The molecule has 1 aliphatic heterocycles. The first-order chi connectivity index (χ1) is 6.84. The Kier molecular flexibility index (Phi) is 5.88. The number of hydrogen-bond acceptors (Lipinski definition) is 4. The van der Waals surface area contributed by atoms with Crippen LogP contribution in [0.5, 0.6) is 0 Å². The van der Waals surface area contributed by atoms with Crippen molar-refractivity contribution in [2.45, 2.75) is 25.9 Å². The quantitative estimate of drug-likeness (QED) is 0.473. The molecule has 0 aliphatic carbocycles. The molecule has 0 unspecified atom stereocenters. The van der Waals surface area contributed by atoms with Gasteiger partial charge in [0.1, 0.15) is 0 Å². The number of carboxylic acids is 2. The van der Waals surface area contributed by atoms with Gasteiger partial charge in [0, 0.05) is 25.2 Å². The van der Waals surface area contributed by atoms with Crippen LogP contribution in [0.3, 0.4) is 0 Å². The van der Waals surface area contributed by atoms with Gasteiger partial charge in [-0.3, -0.25) is 0 Å². The lowest BCUT2D eigenvalue weighted by Crippen LogP contribution is -2.52. The Bertz CT molecular complexity index is 220. The van der Waals surface area contributed by atoms with Crippen molar-refractivity contribution in [3.05, 3.63) is 0 Å². The first-order valence-corrected chi connectivity index (χ1v) is 4.74. The Morgan fingerprint density at radius 1 is 1.27 bits per heavy atom. The smallest absolute Gasteiger partial charge is 0.414 e. The van der Waals surface area contributed by atoms with E-state index in [4.69, 9.17) is 19.8 Å². The lowest BCUT2D eigenvalue weighted by atomic mass is 10.2. The summed E-state index contributed by atoms with van der Waals surface area (Å²) in [5.41, 5.74) is 0. The van der Waals surface area contributed by atoms with Gasteiger partial charge in [0.25, 0.3) is 0 Å². The summed E-state index contributed by atoms with van der Waals surface area (Å²) in [4.78, 5) is 20.6. The minimum Gasteiger partial charge on any atom is -0.473 e. The van der Waals surface area contributed by atoms with Crippen LogP contribution < -0.4 is 5.32 Å². The molecule has 1 rings (SSSR count). The number of piperazine rings is 1. The zero-order valence-corrected chi connectivity index (χ0v) is 9.23. The van der Waals surface area contributed by atoms with Gasteiger partial charge in [-0.1, -0.05) is 0 Å². The van der Waals surface area contributed by atoms with Crippen LogP contribution in [0.1, 0.15) is 13.8 Å². The average molecular weight is 218 g/mol. The van der Waals surface area contributed by atoms with Gasteiger partial charge in [0.2, 0.25) is 0 Å². The third-order valence-electron chi connectivity index (χ3n) is 2.26. The van der Waals surface area contributed by atoms with Gasteiger partial charge in [0.05, 0.1) is 0 Å².